The highest BCUT2D eigenvalue weighted by molar-refractivity contribution is 7.94. The van der Waals surface area contributed by atoms with Crippen LogP contribution >= 0.6 is 22.7 Å². The first kappa shape index (κ1) is 15.2. The predicted molar refractivity (Wildman–Crippen MR) is 105 cm³/mol. The molecule has 0 radical (unpaired) electrons. The third-order valence-corrected chi connectivity index (χ3v) is 9.03. The number of nitrogens with zero attached hydrogens (tertiary/aromatic N) is 4. The molecule has 5 heterocycles. The Labute approximate surface area is 159 Å². The SMILES string of the molecule is [O-][S+](c1sc2nc(-c3nccs3)cc3c2c1[nH]n1cncc31)C1CCC1. The lowest BCUT2D eigenvalue weighted by Crippen LogP contribution is -2.28. The van der Waals surface area contributed by atoms with Crippen LogP contribution in [0.3, 0.4) is 0 Å². The lowest BCUT2D eigenvalue weighted by molar-refractivity contribution is 0.478. The van der Waals surface area contributed by atoms with Crippen molar-refractivity contribution in [3.05, 3.63) is 30.2 Å². The van der Waals surface area contributed by atoms with Crippen LogP contribution in [0, 0.1) is 0 Å². The van der Waals surface area contributed by atoms with E-state index < -0.39 is 11.2 Å². The second-order valence-corrected chi connectivity index (χ2v) is 10.3. The maximum absolute atomic E-state index is 13.1. The van der Waals surface area contributed by atoms with Crippen molar-refractivity contribution in [3.8, 4) is 10.7 Å². The number of fused-ring (bicyclic) bond motifs is 2. The molecule has 1 saturated carbocycles. The number of nitrogens with one attached hydrogen (secondary N) is 1. The van der Waals surface area contributed by atoms with Crippen molar-refractivity contribution < 1.29 is 4.55 Å². The smallest absolute Gasteiger partial charge is 0.234 e. The average Bonchev–Trinajstić information content (AvgIpc) is 3.33. The first-order valence-corrected chi connectivity index (χ1v) is 11.3. The normalized spacial score (nSPS) is 16.7. The van der Waals surface area contributed by atoms with E-state index in [0.717, 1.165) is 54.4 Å². The average molecular weight is 400 g/mol. The second-order valence-electron chi connectivity index (χ2n) is 6.45. The summed E-state index contributed by atoms with van der Waals surface area (Å²) in [7, 11) is 0. The molecule has 1 N–H and O–H groups in total. The summed E-state index contributed by atoms with van der Waals surface area (Å²) in [6.45, 7) is 0. The topological polar surface area (TPSA) is 81.9 Å². The van der Waals surface area contributed by atoms with Gasteiger partial charge in [0.05, 0.1) is 17.1 Å². The highest BCUT2D eigenvalue weighted by Gasteiger charge is 2.35. The quantitative estimate of drug-likeness (QED) is 0.461. The number of H-pyrrole nitrogens is 1. The third-order valence-electron chi connectivity index (χ3n) is 4.97. The lowest BCUT2D eigenvalue weighted by atomic mass is 10.0. The molecule has 5 aromatic heterocycles. The summed E-state index contributed by atoms with van der Waals surface area (Å²) in [5.41, 5.74) is 2.77. The van der Waals surface area contributed by atoms with E-state index in [4.69, 9.17) is 4.98 Å². The summed E-state index contributed by atoms with van der Waals surface area (Å²) in [6, 6.07) is 2.07. The van der Waals surface area contributed by atoms with Crippen LogP contribution in [0.4, 0.5) is 0 Å². The van der Waals surface area contributed by atoms with E-state index in [0.29, 0.717) is 0 Å². The number of rotatable bonds is 3. The summed E-state index contributed by atoms with van der Waals surface area (Å²) >= 11 is 2.12. The first-order valence-electron chi connectivity index (χ1n) is 8.37. The second kappa shape index (κ2) is 5.53. The van der Waals surface area contributed by atoms with Gasteiger partial charge in [0.15, 0.2) is 0 Å². The molecule has 1 atom stereocenters. The van der Waals surface area contributed by atoms with Gasteiger partial charge in [-0.15, -0.1) is 11.3 Å². The minimum atomic E-state index is -0.999. The van der Waals surface area contributed by atoms with Gasteiger partial charge in [-0.1, -0.05) is 11.3 Å². The Hall–Kier alpha value is -1.94. The minimum Gasteiger partial charge on any atom is -0.611 e. The summed E-state index contributed by atoms with van der Waals surface area (Å²) in [6.07, 6.45) is 8.65. The highest BCUT2D eigenvalue weighted by atomic mass is 32.2. The van der Waals surface area contributed by atoms with Crippen LogP contribution in [0.1, 0.15) is 19.3 Å². The van der Waals surface area contributed by atoms with Gasteiger partial charge < -0.3 is 4.55 Å². The molecule has 1 fully saturated rings. The standard InChI is InChI=1S/C17H13N5OS3/c23-26(9-2-1-3-9)17-14-13-10(12-7-18-8-22(12)21-14)6-11(20-16(13)25-17)15-19-4-5-24-15/h4-9,21H,1-3H2. The number of hydrogen-bond acceptors (Lipinski definition) is 6. The molecule has 1 aliphatic rings. The number of aromatic nitrogens is 5. The van der Waals surface area contributed by atoms with Gasteiger partial charge in [-0.2, -0.15) is 0 Å². The molecule has 5 aromatic rings. The molecule has 0 bridgehead atoms. The molecule has 0 saturated heterocycles. The van der Waals surface area contributed by atoms with Crippen LogP contribution in [0.2, 0.25) is 0 Å². The zero-order valence-electron chi connectivity index (χ0n) is 13.5. The van der Waals surface area contributed by atoms with Crippen molar-refractivity contribution in [2.24, 2.45) is 0 Å². The van der Waals surface area contributed by atoms with E-state index >= 15 is 0 Å². The summed E-state index contributed by atoms with van der Waals surface area (Å²) in [5.74, 6) is 0. The zero-order valence-corrected chi connectivity index (χ0v) is 16.0. The fraction of sp³-hybridized carbons (Fsp3) is 0.235. The first-order chi connectivity index (χ1) is 12.8. The number of thiophene rings is 1. The number of pyridine rings is 1. The van der Waals surface area contributed by atoms with E-state index in [1.807, 2.05) is 16.1 Å². The van der Waals surface area contributed by atoms with Crippen LogP contribution in [-0.2, 0) is 11.2 Å². The van der Waals surface area contributed by atoms with Crippen LogP contribution in [-0.4, -0.2) is 34.4 Å². The van der Waals surface area contributed by atoms with Gasteiger partial charge in [0.25, 0.3) is 0 Å². The van der Waals surface area contributed by atoms with Crippen molar-refractivity contribution in [2.75, 3.05) is 0 Å². The van der Waals surface area contributed by atoms with E-state index in [2.05, 4.69) is 21.1 Å². The van der Waals surface area contributed by atoms with Gasteiger partial charge in [-0.25, -0.2) is 19.5 Å². The van der Waals surface area contributed by atoms with E-state index in [1.54, 1.807) is 35.2 Å². The van der Waals surface area contributed by atoms with Crippen molar-refractivity contribution in [1.29, 1.82) is 0 Å². The van der Waals surface area contributed by atoms with E-state index in [-0.39, 0.29) is 5.25 Å². The van der Waals surface area contributed by atoms with Crippen molar-refractivity contribution in [1.82, 2.24) is 24.6 Å². The van der Waals surface area contributed by atoms with Gasteiger partial charge in [0, 0.05) is 28.1 Å². The monoisotopic (exact) mass is 399 g/mol. The zero-order chi connectivity index (χ0) is 17.3. The van der Waals surface area contributed by atoms with Gasteiger partial charge >= 0.3 is 0 Å². The molecular formula is C17H13N5OS3. The molecule has 26 heavy (non-hydrogen) atoms. The number of imidazole rings is 1. The Balaban J connectivity index is 1.71. The van der Waals surface area contributed by atoms with Crippen LogP contribution in [0.25, 0.3) is 37.3 Å². The fourth-order valence-corrected chi connectivity index (χ4v) is 7.29. The Bertz CT molecular complexity index is 1250. The van der Waals surface area contributed by atoms with Crippen molar-refractivity contribution >= 4 is 60.5 Å². The molecule has 1 aliphatic carbocycles. The van der Waals surface area contributed by atoms with E-state index in [9.17, 15) is 4.55 Å². The Morgan fingerprint density at radius 3 is 3.04 bits per heavy atom. The van der Waals surface area contributed by atoms with Gasteiger partial charge in [0.1, 0.15) is 32.6 Å². The minimum absolute atomic E-state index is 0.271. The Kier molecular flexibility index (Phi) is 3.22. The highest BCUT2D eigenvalue weighted by Crippen LogP contribution is 2.43. The van der Waals surface area contributed by atoms with Crippen molar-refractivity contribution in [3.63, 3.8) is 0 Å². The largest absolute Gasteiger partial charge is 0.611 e. The predicted octanol–water partition coefficient (Wildman–Crippen LogP) is 4.21. The molecular weight excluding hydrogens is 386 g/mol. The Morgan fingerprint density at radius 1 is 1.35 bits per heavy atom. The summed E-state index contributed by atoms with van der Waals surface area (Å²) in [5, 5.41) is 8.62. The number of hydrogen-bond donors (Lipinski definition) is 1. The van der Waals surface area contributed by atoms with Crippen molar-refractivity contribution in [2.45, 2.75) is 28.7 Å². The number of thiazole rings is 1. The molecule has 9 heteroatoms. The van der Waals surface area contributed by atoms with Gasteiger partial charge in [-0.05, 0) is 25.3 Å². The number of aromatic amines is 1. The van der Waals surface area contributed by atoms with Gasteiger partial charge in [0.2, 0.25) is 4.21 Å². The van der Waals surface area contributed by atoms with Crippen LogP contribution in [0.5, 0.6) is 0 Å². The molecule has 6 nitrogen and oxygen atoms in total. The van der Waals surface area contributed by atoms with E-state index in [1.165, 1.54) is 6.42 Å². The molecule has 0 aromatic carbocycles. The fourth-order valence-electron chi connectivity index (χ4n) is 3.42. The Morgan fingerprint density at radius 2 is 2.27 bits per heavy atom. The summed E-state index contributed by atoms with van der Waals surface area (Å²) in [4.78, 5) is 14.4. The van der Waals surface area contributed by atoms with Crippen LogP contribution in [0.15, 0.2) is 34.4 Å². The molecule has 0 spiro atoms. The van der Waals surface area contributed by atoms with Crippen LogP contribution < -0.4 is 0 Å². The lowest BCUT2D eigenvalue weighted by Gasteiger charge is -2.26. The molecule has 130 valence electrons. The maximum Gasteiger partial charge on any atom is 0.234 e. The molecule has 6 rings (SSSR count). The summed E-state index contributed by atoms with van der Waals surface area (Å²) < 4.78 is 15.9. The maximum atomic E-state index is 13.1. The molecule has 0 aliphatic heterocycles. The van der Waals surface area contributed by atoms with Gasteiger partial charge in [-0.3, -0.25) is 5.10 Å². The molecule has 1 unspecified atom stereocenters. The third kappa shape index (κ3) is 2.05. The molecule has 0 amide bonds.